The lowest BCUT2D eigenvalue weighted by Crippen LogP contribution is -2.20. The van der Waals surface area contributed by atoms with E-state index in [2.05, 4.69) is 10.5 Å². The summed E-state index contributed by atoms with van der Waals surface area (Å²) in [6, 6.07) is 11.9. The lowest BCUT2D eigenvalue weighted by molar-refractivity contribution is -0.120. The van der Waals surface area contributed by atoms with E-state index in [-0.39, 0.29) is 18.1 Å². The molecule has 0 spiro atoms. The number of rotatable bonds is 4. The van der Waals surface area contributed by atoms with E-state index in [9.17, 15) is 9.18 Å². The van der Waals surface area contributed by atoms with Crippen molar-refractivity contribution in [3.63, 3.8) is 0 Å². The van der Waals surface area contributed by atoms with Crippen LogP contribution in [0.1, 0.15) is 22.3 Å². The Morgan fingerprint density at radius 1 is 1.19 bits per heavy atom. The molecule has 0 aromatic heterocycles. The van der Waals surface area contributed by atoms with Crippen LogP contribution in [0.2, 0.25) is 0 Å². The Morgan fingerprint density at radius 3 is 2.62 bits per heavy atom. The van der Waals surface area contributed by atoms with Gasteiger partial charge in [0.1, 0.15) is 5.82 Å². The van der Waals surface area contributed by atoms with E-state index < -0.39 is 0 Å². The van der Waals surface area contributed by atoms with Crippen LogP contribution < -0.4 is 5.43 Å². The van der Waals surface area contributed by atoms with E-state index in [1.807, 2.05) is 32.0 Å². The second-order valence-electron chi connectivity index (χ2n) is 4.95. The molecule has 2 rings (SSSR count). The number of aryl methyl sites for hydroxylation is 2. The van der Waals surface area contributed by atoms with Gasteiger partial charge in [-0.05, 0) is 42.7 Å². The van der Waals surface area contributed by atoms with Crippen LogP contribution >= 0.6 is 0 Å². The summed E-state index contributed by atoms with van der Waals surface area (Å²) in [4.78, 5) is 11.8. The summed E-state index contributed by atoms with van der Waals surface area (Å²) in [5.41, 5.74) is 6.40. The first kappa shape index (κ1) is 14.9. The molecule has 1 N–H and O–H groups in total. The number of halogens is 1. The van der Waals surface area contributed by atoms with Crippen molar-refractivity contribution < 1.29 is 9.18 Å². The van der Waals surface area contributed by atoms with Gasteiger partial charge < -0.3 is 0 Å². The summed E-state index contributed by atoms with van der Waals surface area (Å²) < 4.78 is 12.7. The van der Waals surface area contributed by atoms with Crippen molar-refractivity contribution in [1.82, 2.24) is 5.43 Å². The van der Waals surface area contributed by atoms with E-state index in [0.29, 0.717) is 0 Å². The average Bonchev–Trinajstić information content (AvgIpc) is 2.45. The Bertz CT molecular complexity index is 663. The minimum Gasteiger partial charge on any atom is -0.273 e. The number of benzene rings is 2. The second kappa shape index (κ2) is 6.79. The fourth-order valence-electron chi connectivity index (χ4n) is 1.93. The molecule has 0 radical (unpaired) electrons. The SMILES string of the molecule is Cc1ccc(C)c(CC(=O)N/N=C/c2ccc(F)cc2)c1. The highest BCUT2D eigenvalue weighted by Gasteiger charge is 2.05. The molecule has 108 valence electrons. The molecule has 0 heterocycles. The first-order valence-electron chi connectivity index (χ1n) is 6.68. The normalized spacial score (nSPS) is 10.8. The fourth-order valence-corrected chi connectivity index (χ4v) is 1.93. The Labute approximate surface area is 123 Å². The highest BCUT2D eigenvalue weighted by Crippen LogP contribution is 2.11. The largest absolute Gasteiger partial charge is 0.273 e. The molecule has 0 aliphatic carbocycles. The van der Waals surface area contributed by atoms with Gasteiger partial charge >= 0.3 is 0 Å². The predicted molar refractivity (Wildman–Crippen MR) is 81.8 cm³/mol. The van der Waals surface area contributed by atoms with E-state index in [1.54, 1.807) is 12.1 Å². The average molecular weight is 284 g/mol. The van der Waals surface area contributed by atoms with Crippen LogP contribution in [0.4, 0.5) is 4.39 Å². The molecule has 4 heteroatoms. The van der Waals surface area contributed by atoms with Gasteiger partial charge in [0.25, 0.3) is 0 Å². The fraction of sp³-hybridized carbons (Fsp3) is 0.176. The second-order valence-corrected chi connectivity index (χ2v) is 4.95. The van der Waals surface area contributed by atoms with Crippen LogP contribution in [0, 0.1) is 19.7 Å². The molecular formula is C17H17FN2O. The number of nitrogens with one attached hydrogen (secondary N) is 1. The molecule has 0 saturated carbocycles. The van der Waals surface area contributed by atoms with Crippen LogP contribution in [0.5, 0.6) is 0 Å². The van der Waals surface area contributed by atoms with Crippen molar-refractivity contribution in [2.75, 3.05) is 0 Å². The quantitative estimate of drug-likeness (QED) is 0.680. The monoisotopic (exact) mass is 284 g/mol. The Kier molecular flexibility index (Phi) is 4.82. The summed E-state index contributed by atoms with van der Waals surface area (Å²) in [6.07, 6.45) is 1.77. The predicted octanol–water partition coefficient (Wildman–Crippen LogP) is 3.14. The van der Waals surface area contributed by atoms with E-state index in [1.165, 1.54) is 18.3 Å². The van der Waals surface area contributed by atoms with E-state index in [4.69, 9.17) is 0 Å². The minimum absolute atomic E-state index is 0.179. The van der Waals surface area contributed by atoms with Crippen LogP contribution in [0.25, 0.3) is 0 Å². The van der Waals surface area contributed by atoms with Crippen molar-refractivity contribution in [3.05, 3.63) is 70.5 Å². The van der Waals surface area contributed by atoms with Crippen molar-refractivity contribution in [2.24, 2.45) is 5.10 Å². The van der Waals surface area contributed by atoms with Crippen LogP contribution in [-0.2, 0) is 11.2 Å². The Morgan fingerprint density at radius 2 is 1.90 bits per heavy atom. The molecule has 0 unspecified atom stereocenters. The van der Waals surface area contributed by atoms with Gasteiger partial charge in [-0.25, -0.2) is 9.82 Å². The third-order valence-corrected chi connectivity index (χ3v) is 3.13. The Balaban J connectivity index is 1.93. The molecule has 2 aromatic carbocycles. The maximum Gasteiger partial charge on any atom is 0.244 e. The maximum atomic E-state index is 12.7. The zero-order valence-electron chi connectivity index (χ0n) is 12.1. The number of hydrogen-bond acceptors (Lipinski definition) is 2. The Hall–Kier alpha value is -2.49. The summed E-state index contributed by atoms with van der Waals surface area (Å²) in [5.74, 6) is -0.479. The number of amides is 1. The molecule has 0 aliphatic heterocycles. The van der Waals surface area contributed by atoms with Crippen molar-refractivity contribution in [1.29, 1.82) is 0 Å². The van der Waals surface area contributed by atoms with Crippen molar-refractivity contribution in [2.45, 2.75) is 20.3 Å². The molecule has 0 aliphatic rings. The summed E-state index contributed by atoms with van der Waals surface area (Å²) in [5, 5.41) is 3.87. The third-order valence-electron chi connectivity index (χ3n) is 3.13. The zero-order chi connectivity index (χ0) is 15.2. The molecular weight excluding hydrogens is 267 g/mol. The molecule has 0 saturated heterocycles. The van der Waals surface area contributed by atoms with E-state index >= 15 is 0 Å². The van der Waals surface area contributed by atoms with Crippen LogP contribution in [0.15, 0.2) is 47.6 Å². The van der Waals surface area contributed by atoms with Gasteiger partial charge in [0.05, 0.1) is 12.6 Å². The molecule has 0 fully saturated rings. The summed E-state index contributed by atoms with van der Waals surface area (Å²) in [6.45, 7) is 3.97. The molecule has 0 bridgehead atoms. The van der Waals surface area contributed by atoms with E-state index in [0.717, 1.165) is 22.3 Å². The number of nitrogens with zero attached hydrogens (tertiary/aromatic N) is 1. The number of hydrogen-bond donors (Lipinski definition) is 1. The molecule has 3 nitrogen and oxygen atoms in total. The first-order chi connectivity index (χ1) is 10.0. The third kappa shape index (κ3) is 4.53. The van der Waals surface area contributed by atoms with Gasteiger partial charge in [-0.15, -0.1) is 0 Å². The highest BCUT2D eigenvalue weighted by molar-refractivity contribution is 5.83. The first-order valence-corrected chi connectivity index (χ1v) is 6.68. The molecule has 1 amide bonds. The van der Waals surface area contributed by atoms with Crippen LogP contribution in [-0.4, -0.2) is 12.1 Å². The standard InChI is InChI=1S/C17H17FN2O/c1-12-3-4-13(2)15(9-12)10-17(21)20-19-11-14-5-7-16(18)8-6-14/h3-9,11H,10H2,1-2H3,(H,20,21)/b19-11+. The van der Waals surface area contributed by atoms with Gasteiger partial charge in [-0.1, -0.05) is 35.9 Å². The summed E-state index contributed by atoms with van der Waals surface area (Å²) in [7, 11) is 0. The zero-order valence-corrected chi connectivity index (χ0v) is 12.1. The van der Waals surface area contributed by atoms with Crippen molar-refractivity contribution in [3.8, 4) is 0 Å². The maximum absolute atomic E-state index is 12.7. The molecule has 21 heavy (non-hydrogen) atoms. The topological polar surface area (TPSA) is 41.5 Å². The van der Waals surface area contributed by atoms with Gasteiger partial charge in [-0.2, -0.15) is 5.10 Å². The molecule has 2 aromatic rings. The molecule has 0 atom stereocenters. The van der Waals surface area contributed by atoms with Gasteiger partial charge in [0, 0.05) is 0 Å². The number of carbonyl (C=O) groups is 1. The minimum atomic E-state index is -0.300. The number of hydrazone groups is 1. The van der Waals surface area contributed by atoms with Gasteiger partial charge in [0.15, 0.2) is 0 Å². The van der Waals surface area contributed by atoms with Crippen molar-refractivity contribution >= 4 is 12.1 Å². The van der Waals surface area contributed by atoms with Gasteiger partial charge in [0.2, 0.25) is 5.91 Å². The van der Waals surface area contributed by atoms with Crippen LogP contribution in [0.3, 0.4) is 0 Å². The number of carbonyl (C=O) groups excluding carboxylic acids is 1. The smallest absolute Gasteiger partial charge is 0.244 e. The summed E-state index contributed by atoms with van der Waals surface area (Å²) >= 11 is 0. The lowest BCUT2D eigenvalue weighted by Gasteiger charge is -2.05. The highest BCUT2D eigenvalue weighted by atomic mass is 19.1. The van der Waals surface area contributed by atoms with Gasteiger partial charge in [-0.3, -0.25) is 4.79 Å². The lowest BCUT2D eigenvalue weighted by atomic mass is 10.0.